The molecule has 0 aliphatic rings. The van der Waals surface area contributed by atoms with Crippen LogP contribution in [0.4, 0.5) is 0 Å². The van der Waals surface area contributed by atoms with Crippen molar-refractivity contribution in [1.29, 1.82) is 0 Å². The quantitative estimate of drug-likeness (QED) is 0.672. The summed E-state index contributed by atoms with van der Waals surface area (Å²) in [4.78, 5) is 0. The van der Waals surface area contributed by atoms with Crippen molar-refractivity contribution in [3.63, 3.8) is 0 Å². The average molecular weight is 165 g/mol. The maximum Gasteiger partial charge on any atom is 0.0458 e. The molecule has 0 atom stereocenters. The molecule has 0 saturated carbocycles. The molecule has 0 fully saturated rings. The highest BCUT2D eigenvalue weighted by Crippen LogP contribution is 2.11. The van der Waals surface area contributed by atoms with E-state index in [0.717, 1.165) is 12.0 Å². The Morgan fingerprint density at radius 2 is 2.17 bits per heavy atom. The second-order valence-corrected chi connectivity index (χ2v) is 2.95. The largest absolute Gasteiger partial charge is 0.316 e. The fourth-order valence-electron chi connectivity index (χ4n) is 1.36. The van der Waals surface area contributed by atoms with E-state index in [0.29, 0.717) is 6.54 Å². The zero-order valence-corrected chi connectivity index (χ0v) is 7.59. The molecule has 0 bridgehead atoms. The summed E-state index contributed by atoms with van der Waals surface area (Å²) in [5, 5.41) is 8.49. The Hall–Kier alpha value is -0.860. The Kier molecular flexibility index (Phi) is 3.26. The van der Waals surface area contributed by atoms with Crippen molar-refractivity contribution >= 4 is 0 Å². The van der Waals surface area contributed by atoms with E-state index in [2.05, 4.69) is 31.5 Å². The van der Waals surface area contributed by atoms with E-state index < -0.39 is 0 Å². The minimum Gasteiger partial charge on any atom is -0.316 e. The van der Waals surface area contributed by atoms with Crippen LogP contribution >= 0.6 is 0 Å². The SMILES string of the molecule is CCc1ccc(CNO)cc1C. The summed E-state index contributed by atoms with van der Waals surface area (Å²) in [5.74, 6) is 0. The smallest absolute Gasteiger partial charge is 0.0458 e. The molecular formula is C10H15NO. The number of hydrogen-bond acceptors (Lipinski definition) is 2. The molecule has 0 aromatic heterocycles. The molecule has 12 heavy (non-hydrogen) atoms. The van der Waals surface area contributed by atoms with Gasteiger partial charge in [-0.25, -0.2) is 5.48 Å². The maximum atomic E-state index is 8.49. The molecule has 0 unspecified atom stereocenters. The van der Waals surface area contributed by atoms with Gasteiger partial charge < -0.3 is 5.21 Å². The summed E-state index contributed by atoms with van der Waals surface area (Å²) in [5.41, 5.74) is 5.93. The third-order valence-corrected chi connectivity index (χ3v) is 2.07. The van der Waals surface area contributed by atoms with E-state index in [1.54, 1.807) is 0 Å². The number of nitrogens with one attached hydrogen (secondary N) is 1. The van der Waals surface area contributed by atoms with Crippen molar-refractivity contribution in [3.8, 4) is 0 Å². The number of rotatable bonds is 3. The van der Waals surface area contributed by atoms with E-state index >= 15 is 0 Å². The zero-order chi connectivity index (χ0) is 8.97. The molecule has 0 spiro atoms. The van der Waals surface area contributed by atoms with Gasteiger partial charge in [0.25, 0.3) is 0 Å². The van der Waals surface area contributed by atoms with Crippen LogP contribution in [0.2, 0.25) is 0 Å². The van der Waals surface area contributed by atoms with Crippen molar-refractivity contribution in [2.24, 2.45) is 0 Å². The van der Waals surface area contributed by atoms with E-state index in [4.69, 9.17) is 5.21 Å². The first kappa shape index (κ1) is 9.23. The highest BCUT2D eigenvalue weighted by atomic mass is 16.5. The maximum absolute atomic E-state index is 8.49. The predicted molar refractivity (Wildman–Crippen MR) is 49.2 cm³/mol. The van der Waals surface area contributed by atoms with Gasteiger partial charge in [0, 0.05) is 6.54 Å². The lowest BCUT2D eigenvalue weighted by molar-refractivity contribution is 0.161. The third kappa shape index (κ3) is 2.06. The summed E-state index contributed by atoms with van der Waals surface area (Å²) in [7, 11) is 0. The Bertz CT molecular complexity index is 258. The molecule has 0 aliphatic heterocycles. The molecule has 0 heterocycles. The first-order valence-corrected chi connectivity index (χ1v) is 4.23. The Morgan fingerprint density at radius 1 is 1.42 bits per heavy atom. The summed E-state index contributed by atoms with van der Waals surface area (Å²) < 4.78 is 0. The summed E-state index contributed by atoms with van der Waals surface area (Å²) >= 11 is 0. The van der Waals surface area contributed by atoms with E-state index in [1.165, 1.54) is 11.1 Å². The first-order valence-electron chi connectivity index (χ1n) is 4.23. The molecule has 2 nitrogen and oxygen atoms in total. The van der Waals surface area contributed by atoms with Crippen LogP contribution in [0.5, 0.6) is 0 Å². The van der Waals surface area contributed by atoms with Gasteiger partial charge in [-0.15, -0.1) is 0 Å². The standard InChI is InChI=1S/C10H15NO/c1-3-10-5-4-9(7-11-12)6-8(10)2/h4-6,11-12H,3,7H2,1-2H3. The van der Waals surface area contributed by atoms with Crippen LogP contribution in [-0.4, -0.2) is 5.21 Å². The molecule has 0 aliphatic carbocycles. The minimum atomic E-state index is 0.519. The Balaban J connectivity index is 2.86. The Labute approximate surface area is 73.2 Å². The van der Waals surface area contributed by atoms with Crippen molar-refractivity contribution < 1.29 is 5.21 Å². The van der Waals surface area contributed by atoms with E-state index in [-0.39, 0.29) is 0 Å². The van der Waals surface area contributed by atoms with Gasteiger partial charge in [0.15, 0.2) is 0 Å². The molecule has 2 N–H and O–H groups in total. The van der Waals surface area contributed by atoms with Crippen molar-refractivity contribution in [2.45, 2.75) is 26.8 Å². The topological polar surface area (TPSA) is 32.3 Å². The zero-order valence-electron chi connectivity index (χ0n) is 7.59. The highest BCUT2D eigenvalue weighted by Gasteiger charge is 1.96. The molecular weight excluding hydrogens is 150 g/mol. The van der Waals surface area contributed by atoms with Crippen LogP contribution in [0, 0.1) is 6.92 Å². The Morgan fingerprint density at radius 3 is 2.67 bits per heavy atom. The van der Waals surface area contributed by atoms with Gasteiger partial charge >= 0.3 is 0 Å². The fourth-order valence-corrected chi connectivity index (χ4v) is 1.36. The summed E-state index contributed by atoms with van der Waals surface area (Å²) in [6.07, 6.45) is 1.07. The van der Waals surface area contributed by atoms with Gasteiger partial charge in [-0.3, -0.25) is 0 Å². The third-order valence-electron chi connectivity index (χ3n) is 2.07. The van der Waals surface area contributed by atoms with Gasteiger partial charge in [0.2, 0.25) is 0 Å². The molecule has 1 aromatic carbocycles. The van der Waals surface area contributed by atoms with Crippen LogP contribution in [0.3, 0.4) is 0 Å². The number of hydrogen-bond donors (Lipinski definition) is 2. The second kappa shape index (κ2) is 4.24. The first-order chi connectivity index (χ1) is 5.77. The van der Waals surface area contributed by atoms with Gasteiger partial charge in [-0.05, 0) is 30.0 Å². The monoisotopic (exact) mass is 165 g/mol. The average Bonchev–Trinajstić information content (AvgIpc) is 2.05. The van der Waals surface area contributed by atoms with Crippen LogP contribution in [-0.2, 0) is 13.0 Å². The summed E-state index contributed by atoms with van der Waals surface area (Å²) in [6.45, 7) is 4.76. The van der Waals surface area contributed by atoms with Gasteiger partial charge in [0.05, 0.1) is 0 Å². The van der Waals surface area contributed by atoms with Crippen LogP contribution in [0.25, 0.3) is 0 Å². The van der Waals surface area contributed by atoms with Crippen LogP contribution in [0.1, 0.15) is 23.6 Å². The lowest BCUT2D eigenvalue weighted by Crippen LogP contribution is -2.06. The lowest BCUT2D eigenvalue weighted by atomic mass is 10.0. The molecule has 0 saturated heterocycles. The number of aryl methyl sites for hydroxylation is 2. The fraction of sp³-hybridized carbons (Fsp3) is 0.400. The van der Waals surface area contributed by atoms with Crippen molar-refractivity contribution in [3.05, 3.63) is 34.9 Å². The highest BCUT2D eigenvalue weighted by molar-refractivity contribution is 5.30. The molecule has 1 aromatic rings. The lowest BCUT2D eigenvalue weighted by Gasteiger charge is -2.05. The van der Waals surface area contributed by atoms with E-state index in [9.17, 15) is 0 Å². The van der Waals surface area contributed by atoms with Gasteiger partial charge in [-0.1, -0.05) is 25.1 Å². The molecule has 1 rings (SSSR count). The molecule has 2 heteroatoms. The molecule has 66 valence electrons. The number of benzene rings is 1. The normalized spacial score (nSPS) is 10.2. The second-order valence-electron chi connectivity index (χ2n) is 2.95. The predicted octanol–water partition coefficient (Wildman–Crippen LogP) is 2.04. The van der Waals surface area contributed by atoms with Crippen LogP contribution < -0.4 is 5.48 Å². The van der Waals surface area contributed by atoms with E-state index in [1.807, 2.05) is 6.07 Å². The van der Waals surface area contributed by atoms with Crippen molar-refractivity contribution in [2.75, 3.05) is 0 Å². The van der Waals surface area contributed by atoms with Gasteiger partial charge in [0.1, 0.15) is 0 Å². The van der Waals surface area contributed by atoms with Crippen molar-refractivity contribution in [1.82, 2.24) is 5.48 Å². The molecule has 0 radical (unpaired) electrons. The van der Waals surface area contributed by atoms with Gasteiger partial charge in [-0.2, -0.15) is 0 Å². The minimum absolute atomic E-state index is 0.519. The molecule has 0 amide bonds. The summed E-state index contributed by atoms with van der Waals surface area (Å²) in [6, 6.07) is 6.25. The number of hydroxylamine groups is 1. The van der Waals surface area contributed by atoms with Crippen LogP contribution in [0.15, 0.2) is 18.2 Å².